The molecular formula is C69H96ClNO38. The minimum absolute atomic E-state index is 0.115. The maximum absolute atomic E-state index is 14.0. The Balaban J connectivity index is 0.641. The van der Waals surface area contributed by atoms with Crippen LogP contribution < -0.4 is 0 Å². The Morgan fingerprint density at radius 2 is 1.28 bits per heavy atom. The van der Waals surface area contributed by atoms with Gasteiger partial charge in [-0.15, -0.1) is 0 Å². The van der Waals surface area contributed by atoms with Crippen molar-refractivity contribution in [1.82, 2.24) is 0 Å². The standard InChI is InChI=1S/C69H96ClNO38/c1-24-14-31(72)16-32(73)41(24)60(81)98-37-22-92-69(59-53(37)90-23-91-59)106-38-21-89-62(46(78)52(38)107-69)104-64-55(87-12)45(77)51(36(99-64)20-85-10)102-63-47(79)54(50(86-11)27(4)95-63)103-65-56(80)67(9)58(30(7)96-65)108-68(109-67)18-34(75)48(28(5)105-68)100-39-17-35(97-40-19-66(8,71(83)84)57(88-13)29(6)94-40)49(26(3)93-39)101-61(82)42-25(2)15-33(74)43(70)44(42)76/h14-16,26-30,34-40,45-59,62-65,72-80H,17-23H2,1-13H3/t26-,27-,28-,29+,30-,34-,35-,36-,37-,38+,39+,40+,45+,46-,47-,48-,49-,50+,51-,52-,53+,54-,55+,56-,57+,58-,59?,62+,63+,64+,65+,66+,67-,68-,69?/m1/s1. The van der Waals surface area contributed by atoms with Gasteiger partial charge in [0.05, 0.1) is 69.3 Å². The SMILES string of the molecule is COC[C@H]1O[C@@H](O[C@@H]2OC[C@@H]3OC4(OC[C@@H](OC(=O)c5c(C)cc(O)cc5O)[C@@H]5OCOC54)O[C@H]3[C@H]2O)[C@@H](OC)[C@@H](O)[C@@H]1O[C@@H]1O[C@H](C)[C@H](OC)[C@H](O[C@@H]2O[C@H](C)[C@H]3O[C@]4(C[C@@H](O)[C@H](O[C@H]5C[C@@H](O[C@H]6C[C@](C)([N+](=O)[O-])[C@@H](OC)[C@H](C)O6)[C@H](OC(=O)c6c(C)cc(O)c(Cl)c6O)[C@@H](C)O5)[C@@H](C)O4)O[C@]3(C)[C@@H]2O)[C@H]1O. The van der Waals surface area contributed by atoms with Gasteiger partial charge in [0.2, 0.25) is 0 Å². The summed E-state index contributed by atoms with van der Waals surface area (Å²) in [6, 6.07) is 3.45. The third kappa shape index (κ3) is 15.2. The van der Waals surface area contributed by atoms with E-state index in [1.165, 1.54) is 68.3 Å². The van der Waals surface area contributed by atoms with Crippen LogP contribution in [0.4, 0.5) is 0 Å². The summed E-state index contributed by atoms with van der Waals surface area (Å²) in [6.45, 7) is 12.7. The normalized spacial score (nSPS) is 46.3. The van der Waals surface area contributed by atoms with Crippen molar-refractivity contribution in [2.45, 2.75) is 295 Å². The van der Waals surface area contributed by atoms with Crippen LogP contribution in [0.1, 0.15) is 99.6 Å². The van der Waals surface area contributed by atoms with Crippen LogP contribution in [0.2, 0.25) is 5.02 Å². The minimum atomic E-state index is -2.06. The number of nitro groups is 1. The third-order valence-corrected chi connectivity index (χ3v) is 22.5. The van der Waals surface area contributed by atoms with E-state index < -0.39 is 259 Å². The number of aryl methyl sites for hydroxylation is 2. The molecule has 11 aliphatic rings. The first-order valence-electron chi connectivity index (χ1n) is 35.8. The number of hydrogen-bond donors (Lipinski definition) is 9. The highest BCUT2D eigenvalue weighted by Gasteiger charge is 2.70. The molecule has 0 saturated carbocycles. The Bertz CT molecular complexity index is 3550. The van der Waals surface area contributed by atoms with E-state index in [2.05, 4.69) is 0 Å². The van der Waals surface area contributed by atoms with Gasteiger partial charge in [-0.3, -0.25) is 10.1 Å². The highest BCUT2D eigenvalue weighted by molar-refractivity contribution is 6.34. The molecule has 0 bridgehead atoms. The van der Waals surface area contributed by atoms with Gasteiger partial charge >= 0.3 is 17.9 Å². The van der Waals surface area contributed by atoms with Crippen LogP contribution in [0.15, 0.2) is 18.2 Å². The van der Waals surface area contributed by atoms with Gasteiger partial charge in [0.25, 0.3) is 11.5 Å². The van der Waals surface area contributed by atoms with Gasteiger partial charge in [0, 0.05) is 52.8 Å². The van der Waals surface area contributed by atoms with Gasteiger partial charge < -0.3 is 164 Å². The molecule has 11 fully saturated rings. The van der Waals surface area contributed by atoms with Gasteiger partial charge in [-0.05, 0) is 78.6 Å². The fraction of sp³-hybridized carbons (Fsp3) is 0.797. The fourth-order valence-electron chi connectivity index (χ4n) is 16.8. The van der Waals surface area contributed by atoms with Crippen LogP contribution in [0.5, 0.6) is 23.0 Å². The molecule has 9 N–H and O–H groups in total. The summed E-state index contributed by atoms with van der Waals surface area (Å²) in [5.41, 5.74) is -3.63. The molecule has 109 heavy (non-hydrogen) atoms. The number of aliphatic hydroxyl groups excluding tert-OH is 5. The van der Waals surface area contributed by atoms with E-state index >= 15 is 0 Å². The number of carbonyl (C=O) groups is 2. The summed E-state index contributed by atoms with van der Waals surface area (Å²) in [5.74, 6) is -8.07. The lowest BCUT2D eigenvalue weighted by molar-refractivity contribution is -0.595. The van der Waals surface area contributed by atoms with Crippen molar-refractivity contribution in [1.29, 1.82) is 0 Å². The Kier molecular flexibility index (Phi) is 24.2. The van der Waals surface area contributed by atoms with Crippen molar-refractivity contribution in [3.05, 3.63) is 55.6 Å². The average molecular weight is 1580 g/mol. The smallest absolute Gasteiger partial charge is 0.342 e. The molecule has 39 nitrogen and oxygen atoms in total. The van der Waals surface area contributed by atoms with Gasteiger partial charge in [0.1, 0.15) is 137 Å². The molecule has 11 heterocycles. The molecule has 2 aromatic carbocycles. The molecule has 0 aliphatic carbocycles. The number of hydrogen-bond acceptors (Lipinski definition) is 38. The Hall–Kier alpha value is -4.85. The minimum Gasteiger partial charge on any atom is -0.508 e. The summed E-state index contributed by atoms with van der Waals surface area (Å²) in [6.07, 6.45) is -40.9. The molecular weight excluding hydrogens is 1490 g/mol. The number of ether oxygens (including phenoxy) is 25. The number of phenolic OH excluding ortho intramolecular Hbond substituents is 4. The van der Waals surface area contributed by atoms with Gasteiger partial charge in [-0.1, -0.05) is 11.6 Å². The quantitative estimate of drug-likeness (QED) is 0.0489. The van der Waals surface area contributed by atoms with E-state index in [-0.39, 0.29) is 67.5 Å². The molecule has 11 saturated heterocycles. The Morgan fingerprint density at radius 1 is 0.596 bits per heavy atom. The number of esters is 2. The number of rotatable bonds is 20. The molecule has 0 radical (unpaired) electrons. The molecule has 2 spiro atoms. The van der Waals surface area contributed by atoms with Gasteiger partial charge in [-0.2, -0.15) is 0 Å². The number of fused-ring (bicyclic) bond motifs is 4. The maximum Gasteiger partial charge on any atom is 0.342 e. The van der Waals surface area contributed by atoms with Crippen LogP contribution in [0.25, 0.3) is 0 Å². The third-order valence-electron chi connectivity index (χ3n) is 22.2. The molecule has 612 valence electrons. The first-order valence-corrected chi connectivity index (χ1v) is 36.2. The Labute approximate surface area is 628 Å². The topological polar surface area (TPSA) is 490 Å². The number of benzene rings is 2. The molecule has 35 atom stereocenters. The van der Waals surface area contributed by atoms with Gasteiger partial charge in [0.15, 0.2) is 67.9 Å². The van der Waals surface area contributed by atoms with Gasteiger partial charge in [-0.25, -0.2) is 9.59 Å². The second kappa shape index (κ2) is 32.1. The van der Waals surface area contributed by atoms with Crippen LogP contribution in [0, 0.1) is 24.0 Å². The largest absolute Gasteiger partial charge is 0.508 e. The van der Waals surface area contributed by atoms with Crippen LogP contribution in [-0.2, 0) is 118 Å². The number of halogens is 1. The zero-order valence-electron chi connectivity index (χ0n) is 61.8. The van der Waals surface area contributed by atoms with Crippen molar-refractivity contribution < 1.29 is 179 Å². The van der Waals surface area contributed by atoms with Crippen LogP contribution in [0.3, 0.4) is 0 Å². The predicted octanol–water partition coefficient (Wildman–Crippen LogP) is 0.306. The molecule has 2 aromatic rings. The lowest BCUT2D eigenvalue weighted by Crippen LogP contribution is -2.68. The first kappa shape index (κ1) is 82.1. The zero-order chi connectivity index (χ0) is 78.6. The van der Waals surface area contributed by atoms with Crippen molar-refractivity contribution in [2.75, 3.05) is 55.1 Å². The van der Waals surface area contributed by atoms with E-state index in [0.29, 0.717) is 0 Å². The second-order valence-corrected chi connectivity index (χ2v) is 30.0. The molecule has 0 amide bonds. The molecule has 13 rings (SSSR count). The zero-order valence-corrected chi connectivity index (χ0v) is 62.5. The average Bonchev–Trinajstić information content (AvgIpc) is 1.57. The number of aliphatic hydroxyl groups is 5. The van der Waals surface area contributed by atoms with Crippen molar-refractivity contribution in [3.63, 3.8) is 0 Å². The predicted molar refractivity (Wildman–Crippen MR) is 353 cm³/mol. The monoisotopic (exact) mass is 1580 g/mol. The van der Waals surface area contributed by atoms with Crippen molar-refractivity contribution in [2.24, 2.45) is 0 Å². The number of carbonyl (C=O) groups excluding carboxylic acids is 2. The van der Waals surface area contributed by atoms with Crippen LogP contribution in [-0.4, -0.2) is 331 Å². The molecule has 2 unspecified atom stereocenters. The maximum atomic E-state index is 14.0. The summed E-state index contributed by atoms with van der Waals surface area (Å²) in [4.78, 5) is 39.4. The van der Waals surface area contributed by atoms with E-state index in [1.807, 2.05) is 0 Å². The Morgan fingerprint density at radius 3 is 1.97 bits per heavy atom. The first-order chi connectivity index (χ1) is 51.6. The number of phenols is 4. The summed E-state index contributed by atoms with van der Waals surface area (Å²) in [7, 11) is 5.29. The lowest BCUT2D eigenvalue weighted by Gasteiger charge is -2.50. The molecule has 0 aromatic heterocycles. The highest BCUT2D eigenvalue weighted by Crippen LogP contribution is 2.53. The van der Waals surface area contributed by atoms with E-state index in [9.17, 15) is 65.7 Å². The lowest BCUT2D eigenvalue weighted by atomic mass is 9.85. The van der Waals surface area contributed by atoms with E-state index in [0.717, 1.165) is 6.07 Å². The summed E-state index contributed by atoms with van der Waals surface area (Å²) >= 11 is 6.13. The highest BCUT2D eigenvalue weighted by atomic mass is 35.5. The molecule has 11 aliphatic heterocycles. The van der Waals surface area contributed by atoms with Crippen molar-refractivity contribution in [3.8, 4) is 23.0 Å². The number of nitrogens with zero attached hydrogens (tertiary/aromatic N) is 1. The van der Waals surface area contributed by atoms with Crippen molar-refractivity contribution >= 4 is 23.5 Å². The van der Waals surface area contributed by atoms with Crippen LogP contribution >= 0.6 is 11.6 Å². The fourth-order valence-corrected chi connectivity index (χ4v) is 17.0. The second-order valence-electron chi connectivity index (χ2n) is 29.6. The summed E-state index contributed by atoms with van der Waals surface area (Å²) in [5, 5.41) is 115. The summed E-state index contributed by atoms with van der Waals surface area (Å²) < 4.78 is 154. The number of aromatic hydroxyl groups is 4. The van der Waals surface area contributed by atoms with E-state index in [4.69, 9.17) is 130 Å². The van der Waals surface area contributed by atoms with E-state index in [1.54, 1.807) is 34.6 Å². The number of methoxy groups -OCH3 is 4. The molecule has 40 heteroatoms.